The maximum Gasteiger partial charge on any atom is 0.316 e. The highest BCUT2D eigenvalue weighted by molar-refractivity contribution is 6.39. The Kier molecular flexibility index (Phi) is 9.68. The van der Waals surface area contributed by atoms with Gasteiger partial charge in [-0.15, -0.1) is 0 Å². The summed E-state index contributed by atoms with van der Waals surface area (Å²) in [6.45, 7) is 2.73. The molecule has 2 heterocycles. The molecule has 0 unspecified atom stereocenters. The number of carbonyl (C=O) groups excluding carboxylic acids is 2. The van der Waals surface area contributed by atoms with E-state index in [0.717, 1.165) is 37.6 Å². The van der Waals surface area contributed by atoms with Crippen LogP contribution in [0.4, 0.5) is 10.1 Å². The van der Waals surface area contributed by atoms with Crippen LogP contribution in [0.2, 0.25) is 0 Å². The molecule has 1 aliphatic rings. The molecule has 4 aromatic rings. The molecule has 0 bridgehead atoms. The van der Waals surface area contributed by atoms with E-state index in [1.165, 1.54) is 17.0 Å². The Labute approximate surface area is 249 Å². The van der Waals surface area contributed by atoms with Gasteiger partial charge in [-0.2, -0.15) is 0 Å². The number of hydrogen-bond acceptors (Lipinski definition) is 7. The van der Waals surface area contributed by atoms with Gasteiger partial charge in [0.05, 0.1) is 19.2 Å². The lowest BCUT2D eigenvalue weighted by molar-refractivity contribution is -0.135. The smallest absolute Gasteiger partial charge is 0.316 e. The number of fused-ring (bicyclic) bond motifs is 1. The standard InChI is InChI=1S/C33H35FN4O5/c1-41-30-19-25-27(20-31(30)42-21-23-11-14-36-15-12-23)37-16-13-28(25)43-29-10-9-24(18-26(29)34)38(33(40)32(35)39)17-5-8-22-6-3-2-4-7-22/h2-4,6-7,9-10,13,16,18-20,23,36H,5,8,11-12,14-15,17,21H2,1H3,(H2,35,39). The number of rotatable bonds is 11. The van der Waals surface area contributed by atoms with E-state index < -0.39 is 17.6 Å². The molecule has 1 aliphatic heterocycles. The highest BCUT2D eigenvalue weighted by Crippen LogP contribution is 2.38. The fraction of sp³-hybridized carbons (Fsp3) is 0.303. The molecule has 0 spiro atoms. The van der Waals surface area contributed by atoms with Crippen LogP contribution in [0, 0.1) is 11.7 Å². The lowest BCUT2D eigenvalue weighted by atomic mass is 9.99. The first-order chi connectivity index (χ1) is 20.9. The van der Waals surface area contributed by atoms with Gasteiger partial charge in [0, 0.05) is 35.9 Å². The zero-order valence-electron chi connectivity index (χ0n) is 24.1. The van der Waals surface area contributed by atoms with Crippen molar-refractivity contribution in [2.45, 2.75) is 25.7 Å². The van der Waals surface area contributed by atoms with Crippen molar-refractivity contribution in [2.75, 3.05) is 38.3 Å². The summed E-state index contributed by atoms with van der Waals surface area (Å²) in [6.07, 6.45) is 4.91. The van der Waals surface area contributed by atoms with E-state index in [1.54, 1.807) is 31.5 Å². The molecule has 224 valence electrons. The van der Waals surface area contributed by atoms with Crippen LogP contribution in [-0.2, 0) is 16.0 Å². The van der Waals surface area contributed by atoms with E-state index in [0.29, 0.717) is 53.5 Å². The summed E-state index contributed by atoms with van der Waals surface area (Å²) in [6, 6.07) is 19.1. The zero-order chi connectivity index (χ0) is 30.2. The van der Waals surface area contributed by atoms with E-state index in [1.807, 2.05) is 30.3 Å². The van der Waals surface area contributed by atoms with Crippen molar-refractivity contribution < 1.29 is 28.2 Å². The monoisotopic (exact) mass is 586 g/mol. The maximum absolute atomic E-state index is 15.4. The molecular weight excluding hydrogens is 551 g/mol. The highest BCUT2D eigenvalue weighted by Gasteiger charge is 2.23. The first kappa shape index (κ1) is 29.8. The van der Waals surface area contributed by atoms with Gasteiger partial charge in [-0.1, -0.05) is 30.3 Å². The molecule has 1 saturated heterocycles. The van der Waals surface area contributed by atoms with Gasteiger partial charge in [-0.25, -0.2) is 4.39 Å². The molecule has 3 N–H and O–H groups in total. The summed E-state index contributed by atoms with van der Waals surface area (Å²) in [5.41, 5.74) is 7.19. The van der Waals surface area contributed by atoms with Crippen LogP contribution in [0.5, 0.6) is 23.0 Å². The van der Waals surface area contributed by atoms with Gasteiger partial charge in [0.1, 0.15) is 5.75 Å². The predicted molar refractivity (Wildman–Crippen MR) is 162 cm³/mol. The van der Waals surface area contributed by atoms with E-state index >= 15 is 4.39 Å². The van der Waals surface area contributed by atoms with Crippen molar-refractivity contribution in [1.82, 2.24) is 10.3 Å². The molecule has 1 aromatic heterocycles. The number of methoxy groups -OCH3 is 1. The predicted octanol–water partition coefficient (Wildman–Crippen LogP) is 5.00. The Morgan fingerprint density at radius 3 is 2.51 bits per heavy atom. The third-order valence-corrected chi connectivity index (χ3v) is 7.51. The molecule has 3 aromatic carbocycles. The minimum Gasteiger partial charge on any atom is -0.493 e. The van der Waals surface area contributed by atoms with E-state index in [-0.39, 0.29) is 18.0 Å². The SMILES string of the molecule is COc1cc2c(Oc3ccc(N(CCCc4ccccc4)C(=O)C(N)=O)cc3F)ccnc2cc1OCC1CCNCC1. The second-order valence-corrected chi connectivity index (χ2v) is 10.5. The largest absolute Gasteiger partial charge is 0.493 e. The maximum atomic E-state index is 15.4. The summed E-state index contributed by atoms with van der Waals surface area (Å²) in [7, 11) is 1.56. The first-order valence-electron chi connectivity index (χ1n) is 14.4. The quantitative estimate of drug-likeness (QED) is 0.238. The second-order valence-electron chi connectivity index (χ2n) is 10.5. The third kappa shape index (κ3) is 7.39. The number of benzene rings is 3. The Morgan fingerprint density at radius 2 is 1.79 bits per heavy atom. The molecule has 0 radical (unpaired) electrons. The molecule has 5 rings (SSSR count). The number of nitrogens with zero attached hydrogens (tertiary/aromatic N) is 2. The van der Waals surface area contributed by atoms with Gasteiger partial charge >= 0.3 is 11.8 Å². The number of carbonyl (C=O) groups is 2. The summed E-state index contributed by atoms with van der Waals surface area (Å²) < 4.78 is 33.1. The lowest BCUT2D eigenvalue weighted by Crippen LogP contribution is -2.41. The van der Waals surface area contributed by atoms with Crippen LogP contribution in [0.25, 0.3) is 10.9 Å². The summed E-state index contributed by atoms with van der Waals surface area (Å²) >= 11 is 0. The fourth-order valence-corrected chi connectivity index (χ4v) is 5.17. The number of anilines is 1. The molecule has 1 fully saturated rings. The Hall–Kier alpha value is -4.70. The molecule has 10 heteroatoms. The van der Waals surface area contributed by atoms with Gasteiger partial charge in [0.15, 0.2) is 23.1 Å². The van der Waals surface area contributed by atoms with E-state index in [2.05, 4.69) is 10.3 Å². The number of nitrogens with two attached hydrogens (primary N) is 1. The first-order valence-corrected chi connectivity index (χ1v) is 14.4. The molecule has 0 atom stereocenters. The Morgan fingerprint density at radius 1 is 1.00 bits per heavy atom. The topological polar surface area (TPSA) is 116 Å². The number of primary amides is 1. The lowest BCUT2D eigenvalue weighted by Gasteiger charge is -2.23. The van der Waals surface area contributed by atoms with Crippen molar-refractivity contribution in [3.63, 3.8) is 0 Å². The van der Waals surface area contributed by atoms with Gasteiger partial charge in [0.2, 0.25) is 0 Å². The Bertz CT molecular complexity index is 1580. The second kappa shape index (κ2) is 14.0. The van der Waals surface area contributed by atoms with Crippen LogP contribution in [0.1, 0.15) is 24.8 Å². The van der Waals surface area contributed by atoms with Gasteiger partial charge in [0.25, 0.3) is 0 Å². The fourth-order valence-electron chi connectivity index (χ4n) is 5.17. The van der Waals surface area contributed by atoms with Crippen LogP contribution in [0.3, 0.4) is 0 Å². The summed E-state index contributed by atoms with van der Waals surface area (Å²) in [4.78, 5) is 30.0. The van der Waals surface area contributed by atoms with Gasteiger partial charge < -0.3 is 30.2 Å². The average molecular weight is 587 g/mol. The van der Waals surface area contributed by atoms with Crippen LogP contribution >= 0.6 is 0 Å². The number of halogens is 1. The minimum atomic E-state index is -1.11. The molecule has 0 saturated carbocycles. The number of aryl methyl sites for hydroxylation is 1. The molecule has 2 amide bonds. The minimum absolute atomic E-state index is 0.0581. The normalized spacial score (nSPS) is 13.4. The van der Waals surface area contributed by atoms with Crippen LogP contribution in [-0.4, -0.2) is 50.1 Å². The number of nitrogens with one attached hydrogen (secondary N) is 1. The van der Waals surface area contributed by atoms with Gasteiger partial charge in [-0.05, 0) is 74.5 Å². The number of aromatic nitrogens is 1. The number of hydrogen-bond donors (Lipinski definition) is 2. The average Bonchev–Trinajstić information content (AvgIpc) is 3.03. The number of ether oxygens (including phenoxy) is 3. The van der Waals surface area contributed by atoms with Gasteiger partial charge in [-0.3, -0.25) is 14.6 Å². The van der Waals surface area contributed by atoms with E-state index in [9.17, 15) is 9.59 Å². The molecule has 0 aliphatic carbocycles. The molecule has 9 nitrogen and oxygen atoms in total. The summed E-state index contributed by atoms with van der Waals surface area (Å²) in [5.74, 6) is -0.852. The number of amides is 2. The number of piperidine rings is 1. The van der Waals surface area contributed by atoms with Crippen molar-refractivity contribution in [1.29, 1.82) is 0 Å². The van der Waals surface area contributed by atoms with Crippen LogP contribution in [0.15, 0.2) is 72.9 Å². The van der Waals surface area contributed by atoms with Crippen molar-refractivity contribution in [3.8, 4) is 23.0 Å². The Balaban J connectivity index is 1.34. The zero-order valence-corrected chi connectivity index (χ0v) is 24.1. The summed E-state index contributed by atoms with van der Waals surface area (Å²) in [5, 5.41) is 3.97. The van der Waals surface area contributed by atoms with E-state index in [4.69, 9.17) is 19.9 Å². The molecule has 43 heavy (non-hydrogen) atoms. The van der Waals surface area contributed by atoms with Crippen LogP contribution < -0.4 is 30.2 Å². The van der Waals surface area contributed by atoms with Crippen molar-refractivity contribution >= 4 is 28.4 Å². The van der Waals surface area contributed by atoms with Crippen molar-refractivity contribution in [3.05, 3.63) is 84.3 Å². The highest BCUT2D eigenvalue weighted by atomic mass is 19.1. The molecular formula is C33H35FN4O5. The van der Waals surface area contributed by atoms with Crippen molar-refractivity contribution in [2.24, 2.45) is 11.7 Å². The number of pyridine rings is 1. The third-order valence-electron chi connectivity index (χ3n) is 7.51.